The number of unbranched alkanes of at least 4 members (excludes halogenated alkanes) is 2. The molecule has 0 aromatic heterocycles. The van der Waals surface area contributed by atoms with Gasteiger partial charge < -0.3 is 38.7 Å². The number of ether oxygens (including phenoxy) is 5. The highest BCUT2D eigenvalue weighted by atomic mass is 16.7. The second-order valence-corrected chi connectivity index (χ2v) is 18.4. The van der Waals surface area contributed by atoms with E-state index in [1.807, 2.05) is 88.4 Å². The molecule has 4 aromatic rings. The van der Waals surface area contributed by atoms with Gasteiger partial charge in [-0.3, -0.25) is 4.90 Å². The van der Waals surface area contributed by atoms with Crippen LogP contribution in [0.25, 0.3) is 10.8 Å². The number of hydrogen-bond acceptors (Lipinski definition) is 10. The van der Waals surface area contributed by atoms with Crippen LogP contribution in [0.5, 0.6) is 17.2 Å². The van der Waals surface area contributed by atoms with Crippen LogP contribution in [0, 0.1) is 17.8 Å². The van der Waals surface area contributed by atoms with Crippen molar-refractivity contribution in [2.24, 2.45) is 22.9 Å². The van der Waals surface area contributed by atoms with E-state index in [-0.39, 0.29) is 57.2 Å². The van der Waals surface area contributed by atoms with E-state index in [1.165, 1.54) is 0 Å². The SMILES string of the molecule is C=CCOC12Oc3ccc(Oc4ccc5ccccc5c4)cc3C3C(CCCCO)C(CCCCO)C=C(C(=NOC(C)(C)C)CC1N(CCC)C(=O)OCCOCc1ccccc1)C32. The molecule has 11 heteroatoms. The molecule has 1 amide bonds. The molecule has 4 aromatic carbocycles. The summed E-state index contributed by atoms with van der Waals surface area (Å²) in [4.78, 5) is 22.6. The van der Waals surface area contributed by atoms with Gasteiger partial charge in [0.25, 0.3) is 0 Å². The Balaban J connectivity index is 1.35. The van der Waals surface area contributed by atoms with E-state index in [2.05, 4.69) is 43.0 Å². The minimum atomic E-state index is -1.40. The van der Waals surface area contributed by atoms with E-state index in [1.54, 1.807) is 11.0 Å². The van der Waals surface area contributed by atoms with Crippen molar-refractivity contribution in [3.63, 3.8) is 0 Å². The third kappa shape index (κ3) is 11.4. The highest BCUT2D eigenvalue weighted by molar-refractivity contribution is 6.03. The van der Waals surface area contributed by atoms with Gasteiger partial charge in [0, 0.05) is 37.7 Å². The number of nitrogens with zero attached hydrogens (tertiary/aromatic N) is 2. The van der Waals surface area contributed by atoms with Gasteiger partial charge in [0.2, 0.25) is 5.79 Å². The summed E-state index contributed by atoms with van der Waals surface area (Å²) in [5.41, 5.74) is 3.13. The number of fused-ring (bicyclic) bond motifs is 3. The first-order chi connectivity index (χ1) is 31.6. The van der Waals surface area contributed by atoms with Crippen molar-refractivity contribution in [3.8, 4) is 17.2 Å². The van der Waals surface area contributed by atoms with E-state index in [9.17, 15) is 15.0 Å². The zero-order valence-electron chi connectivity index (χ0n) is 38.7. The first kappa shape index (κ1) is 47.8. The van der Waals surface area contributed by atoms with Crippen LogP contribution < -0.4 is 9.47 Å². The Labute approximate surface area is 385 Å². The van der Waals surface area contributed by atoms with Gasteiger partial charge >= 0.3 is 6.09 Å². The average molecular weight is 889 g/mol. The van der Waals surface area contributed by atoms with Crippen molar-refractivity contribution >= 4 is 22.6 Å². The Bertz CT molecular complexity index is 2250. The fraction of sp³-hybridized carbons (Fsp3) is 0.481. The number of oxime groups is 1. The lowest BCUT2D eigenvalue weighted by Gasteiger charge is -2.60. The van der Waals surface area contributed by atoms with Crippen LogP contribution in [-0.2, 0) is 25.7 Å². The van der Waals surface area contributed by atoms with Gasteiger partial charge in [-0.25, -0.2) is 4.79 Å². The highest BCUT2D eigenvalue weighted by Crippen LogP contribution is 2.62. The van der Waals surface area contributed by atoms with Crippen molar-refractivity contribution < 1.29 is 43.5 Å². The summed E-state index contributed by atoms with van der Waals surface area (Å²) >= 11 is 0. The van der Waals surface area contributed by atoms with E-state index in [0.29, 0.717) is 43.9 Å². The molecule has 0 saturated heterocycles. The highest BCUT2D eigenvalue weighted by Gasteiger charge is 2.65. The van der Waals surface area contributed by atoms with Crippen LogP contribution in [0.2, 0.25) is 0 Å². The van der Waals surface area contributed by atoms with Crippen LogP contribution in [0.3, 0.4) is 0 Å². The fourth-order valence-electron chi connectivity index (χ4n) is 9.92. The number of aliphatic hydroxyl groups excluding tert-OH is 2. The lowest BCUT2D eigenvalue weighted by molar-refractivity contribution is -0.255. The molecule has 1 aliphatic heterocycles. The topological polar surface area (TPSA) is 129 Å². The van der Waals surface area contributed by atoms with Crippen molar-refractivity contribution in [3.05, 3.63) is 126 Å². The Kier molecular flexibility index (Phi) is 16.4. The summed E-state index contributed by atoms with van der Waals surface area (Å²) in [5, 5.41) is 27.1. The normalized spacial score (nSPS) is 22.9. The molecule has 65 heavy (non-hydrogen) atoms. The van der Waals surface area contributed by atoms with E-state index in [4.69, 9.17) is 33.7 Å². The minimum Gasteiger partial charge on any atom is -0.459 e. The number of carbonyl (C=O) groups excluding carboxylic acids is 1. The second kappa shape index (κ2) is 22.3. The van der Waals surface area contributed by atoms with Crippen LogP contribution in [-0.4, -0.2) is 83.9 Å². The smallest absolute Gasteiger partial charge is 0.410 e. The molecule has 2 N–H and O–H groups in total. The first-order valence-electron chi connectivity index (χ1n) is 23.6. The molecular weight excluding hydrogens is 821 g/mol. The van der Waals surface area contributed by atoms with Crippen LogP contribution >= 0.6 is 0 Å². The van der Waals surface area contributed by atoms with Crippen molar-refractivity contribution in [2.75, 3.05) is 39.6 Å². The molecular formula is C54H68N2O9. The predicted molar refractivity (Wildman–Crippen MR) is 254 cm³/mol. The number of carbonyl (C=O) groups is 1. The van der Waals surface area contributed by atoms with Crippen molar-refractivity contribution in [1.29, 1.82) is 0 Å². The summed E-state index contributed by atoms with van der Waals surface area (Å²) in [6, 6.07) is 29.5. The minimum absolute atomic E-state index is 0.0659. The molecule has 3 aliphatic rings. The first-order valence-corrected chi connectivity index (χ1v) is 23.6. The Morgan fingerprint density at radius 2 is 1.63 bits per heavy atom. The molecule has 6 unspecified atom stereocenters. The number of benzene rings is 4. The molecule has 11 nitrogen and oxygen atoms in total. The summed E-state index contributed by atoms with van der Waals surface area (Å²) in [6.07, 6.45) is 9.18. The Morgan fingerprint density at radius 3 is 2.37 bits per heavy atom. The largest absolute Gasteiger partial charge is 0.459 e. The van der Waals surface area contributed by atoms with Gasteiger partial charge in [0.05, 0.1) is 31.5 Å². The Hall–Kier alpha value is -5.20. The second-order valence-electron chi connectivity index (χ2n) is 18.4. The van der Waals surface area contributed by atoms with Crippen molar-refractivity contribution in [1.82, 2.24) is 4.90 Å². The standard InChI is InChI=1S/C54H68N2O9/c1-6-27-56(52(59)61-32-31-60-37-38-17-9-8-10-18-38)49-36-47(55-65-53(3,4)5)45-34-41(21-13-15-28-57)44(22-14-16-29-58)50-46-35-43(63-42-24-23-39-19-11-12-20-40(39)33-42)25-26-48(46)64-54(49,51(45)50)62-30-7-2/h7-12,17-20,23-26,33-35,41,44,49-51,57-58H,2,6,13-16,21-22,27-32,36-37H2,1,3-5H3. The van der Waals surface area contributed by atoms with E-state index >= 15 is 0 Å². The number of hydrogen-bond donors (Lipinski definition) is 2. The number of amides is 1. The van der Waals surface area contributed by atoms with Gasteiger partial charge in [-0.05, 0) is 117 Å². The van der Waals surface area contributed by atoms with Crippen LogP contribution in [0.15, 0.2) is 120 Å². The summed E-state index contributed by atoms with van der Waals surface area (Å²) in [7, 11) is 0. The maximum Gasteiger partial charge on any atom is 0.410 e. The van der Waals surface area contributed by atoms with Gasteiger partial charge in [-0.1, -0.05) is 97.7 Å². The molecule has 7 rings (SSSR count). The monoisotopic (exact) mass is 888 g/mol. The molecule has 1 saturated carbocycles. The van der Waals surface area contributed by atoms with Gasteiger partial charge in [-0.2, -0.15) is 0 Å². The van der Waals surface area contributed by atoms with Gasteiger partial charge in [-0.15, -0.1) is 6.58 Å². The van der Waals surface area contributed by atoms with Crippen LogP contribution in [0.1, 0.15) is 96.1 Å². The maximum absolute atomic E-state index is 14.6. The molecule has 348 valence electrons. The average Bonchev–Trinajstić information content (AvgIpc) is 3.30. The lowest BCUT2D eigenvalue weighted by atomic mass is 9.55. The van der Waals surface area contributed by atoms with E-state index < -0.39 is 29.4 Å². The quantitative estimate of drug-likeness (QED) is 0.0450. The lowest BCUT2D eigenvalue weighted by Crippen LogP contribution is -2.70. The molecule has 0 spiro atoms. The molecule has 0 bridgehead atoms. The summed E-state index contributed by atoms with van der Waals surface area (Å²) in [6.45, 7) is 13.5. The zero-order chi connectivity index (χ0) is 45.8. The van der Waals surface area contributed by atoms with Gasteiger partial charge in [0.15, 0.2) is 0 Å². The molecule has 0 radical (unpaired) electrons. The van der Waals surface area contributed by atoms with Crippen molar-refractivity contribution in [2.45, 2.75) is 109 Å². The molecule has 1 fully saturated rings. The Morgan fingerprint density at radius 1 is 0.908 bits per heavy atom. The molecule has 6 atom stereocenters. The summed E-state index contributed by atoms with van der Waals surface area (Å²) in [5.74, 6) is 0.149. The molecule has 1 heterocycles. The van der Waals surface area contributed by atoms with Crippen LogP contribution in [0.4, 0.5) is 4.79 Å². The summed E-state index contributed by atoms with van der Waals surface area (Å²) < 4.78 is 33.1. The predicted octanol–water partition coefficient (Wildman–Crippen LogP) is 11.1. The van der Waals surface area contributed by atoms with E-state index in [0.717, 1.165) is 64.6 Å². The van der Waals surface area contributed by atoms with Gasteiger partial charge in [0.1, 0.15) is 35.5 Å². The number of aliphatic hydroxyl groups is 2. The maximum atomic E-state index is 14.6. The fourth-order valence-corrected chi connectivity index (χ4v) is 9.92. The molecule has 2 aliphatic carbocycles. The zero-order valence-corrected chi connectivity index (χ0v) is 38.7. The number of allylic oxidation sites excluding steroid dienone is 1. The third-order valence-electron chi connectivity index (χ3n) is 12.7. The number of rotatable bonds is 22. The third-order valence-corrected chi connectivity index (χ3v) is 12.7.